The molecular weight excluding hydrogens is 394 g/mol. The predicted octanol–water partition coefficient (Wildman–Crippen LogP) is 3.78. The number of thioether (sulfide) groups is 1. The number of guanidine groups is 1. The molecule has 7 heteroatoms. The summed E-state index contributed by atoms with van der Waals surface area (Å²) < 4.78 is 7.33. The van der Waals surface area contributed by atoms with Crippen LogP contribution < -0.4 is 5.32 Å². The summed E-state index contributed by atoms with van der Waals surface area (Å²) in [6, 6.07) is 14.5. The summed E-state index contributed by atoms with van der Waals surface area (Å²) in [4.78, 5) is 8.58. The molecule has 0 radical (unpaired) electrons. The number of rotatable bonds is 8. The van der Waals surface area contributed by atoms with Crippen molar-refractivity contribution in [2.75, 3.05) is 31.9 Å². The lowest BCUT2D eigenvalue weighted by Crippen LogP contribution is -2.41. The Kier molecular flexibility index (Phi) is 7.13. The first-order valence-corrected chi connectivity index (χ1v) is 11.5. The van der Waals surface area contributed by atoms with E-state index in [0.29, 0.717) is 5.92 Å². The summed E-state index contributed by atoms with van der Waals surface area (Å²) >= 11 is 1.86. The molecule has 1 unspecified atom stereocenters. The van der Waals surface area contributed by atoms with Crippen LogP contribution in [0.5, 0.6) is 0 Å². The second-order valence-corrected chi connectivity index (χ2v) is 8.67. The Morgan fingerprint density at radius 2 is 2.17 bits per heavy atom. The molecule has 30 heavy (non-hydrogen) atoms. The van der Waals surface area contributed by atoms with Gasteiger partial charge in [0.1, 0.15) is 5.76 Å². The van der Waals surface area contributed by atoms with Crippen LogP contribution in [0.2, 0.25) is 0 Å². The fraction of sp³-hybridized carbons (Fsp3) is 0.391. The zero-order chi connectivity index (χ0) is 20.6. The van der Waals surface area contributed by atoms with E-state index in [9.17, 15) is 0 Å². The molecule has 0 saturated carbocycles. The van der Waals surface area contributed by atoms with Gasteiger partial charge in [-0.1, -0.05) is 18.2 Å². The van der Waals surface area contributed by atoms with Crippen LogP contribution in [-0.2, 0) is 13.5 Å². The molecule has 3 aromatic rings. The molecule has 1 aliphatic rings. The summed E-state index contributed by atoms with van der Waals surface area (Å²) in [5, 5.41) is 7.93. The van der Waals surface area contributed by atoms with Gasteiger partial charge in [0.2, 0.25) is 0 Å². The van der Waals surface area contributed by atoms with Crippen LogP contribution in [0.4, 0.5) is 0 Å². The molecule has 0 spiro atoms. The van der Waals surface area contributed by atoms with Crippen molar-refractivity contribution in [3.8, 4) is 0 Å². The first-order valence-electron chi connectivity index (χ1n) is 10.5. The Labute approximate surface area is 182 Å². The van der Waals surface area contributed by atoms with Crippen molar-refractivity contribution >= 4 is 17.7 Å². The van der Waals surface area contributed by atoms with Gasteiger partial charge in [-0.05, 0) is 36.2 Å². The van der Waals surface area contributed by atoms with E-state index in [1.54, 1.807) is 6.26 Å². The Bertz CT molecular complexity index is 922. The van der Waals surface area contributed by atoms with Crippen LogP contribution in [0, 0.1) is 0 Å². The average molecular weight is 424 g/mol. The highest BCUT2D eigenvalue weighted by atomic mass is 32.2. The van der Waals surface area contributed by atoms with Crippen LogP contribution in [0.25, 0.3) is 0 Å². The molecule has 1 atom stereocenters. The molecular formula is C23H29N5OS. The smallest absolute Gasteiger partial charge is 0.193 e. The maximum atomic E-state index is 5.45. The maximum absolute atomic E-state index is 5.45. The van der Waals surface area contributed by atoms with Crippen LogP contribution in [-0.4, -0.2) is 52.6 Å². The Balaban J connectivity index is 1.34. The van der Waals surface area contributed by atoms with Gasteiger partial charge < -0.3 is 14.6 Å². The Morgan fingerprint density at radius 3 is 2.93 bits per heavy atom. The monoisotopic (exact) mass is 423 g/mol. The molecule has 1 N–H and O–H groups in total. The molecule has 4 rings (SSSR count). The van der Waals surface area contributed by atoms with Crippen molar-refractivity contribution in [2.24, 2.45) is 12.0 Å². The minimum Gasteiger partial charge on any atom is -0.469 e. The fourth-order valence-corrected chi connectivity index (χ4v) is 4.51. The first-order chi connectivity index (χ1) is 14.8. The van der Waals surface area contributed by atoms with Gasteiger partial charge in [-0.2, -0.15) is 5.10 Å². The van der Waals surface area contributed by atoms with Gasteiger partial charge in [-0.3, -0.25) is 9.67 Å². The van der Waals surface area contributed by atoms with Crippen LogP contribution in [0.15, 0.2) is 75.4 Å². The van der Waals surface area contributed by atoms with E-state index in [0.717, 1.165) is 56.5 Å². The number of likely N-dealkylation sites (tertiary alicyclic amines) is 1. The number of nitrogens with zero attached hydrogens (tertiary/aromatic N) is 4. The standard InChI is InChI=1S/C23H29N5OS/c1-27-17-20(16-26-27)19-10-13-28(18-19)23(24-11-9-21-6-5-14-29-21)25-12-15-30-22-7-3-2-4-8-22/h2-8,14,16-17,19H,9-13,15,18H2,1H3,(H,24,25). The van der Waals surface area contributed by atoms with E-state index in [1.807, 2.05) is 41.8 Å². The van der Waals surface area contributed by atoms with Crippen molar-refractivity contribution in [3.05, 3.63) is 72.4 Å². The number of aromatic nitrogens is 2. The van der Waals surface area contributed by atoms with E-state index < -0.39 is 0 Å². The van der Waals surface area contributed by atoms with Crippen LogP contribution in [0.1, 0.15) is 23.7 Å². The molecule has 0 amide bonds. The average Bonchev–Trinajstić information content (AvgIpc) is 3.52. The lowest BCUT2D eigenvalue weighted by Gasteiger charge is -2.22. The zero-order valence-electron chi connectivity index (χ0n) is 17.4. The quantitative estimate of drug-likeness (QED) is 0.259. The summed E-state index contributed by atoms with van der Waals surface area (Å²) in [5.74, 6) is 3.49. The van der Waals surface area contributed by atoms with E-state index in [1.165, 1.54) is 10.5 Å². The Morgan fingerprint density at radius 1 is 1.27 bits per heavy atom. The second-order valence-electron chi connectivity index (χ2n) is 7.50. The van der Waals surface area contributed by atoms with Crippen molar-refractivity contribution in [1.29, 1.82) is 0 Å². The highest BCUT2D eigenvalue weighted by molar-refractivity contribution is 7.99. The van der Waals surface area contributed by atoms with Crippen LogP contribution >= 0.6 is 11.8 Å². The summed E-state index contributed by atoms with van der Waals surface area (Å²) in [5.41, 5.74) is 1.31. The minimum absolute atomic E-state index is 0.509. The molecule has 2 aromatic heterocycles. The topological polar surface area (TPSA) is 58.6 Å². The van der Waals surface area contributed by atoms with Crippen molar-refractivity contribution in [2.45, 2.75) is 23.7 Å². The molecule has 0 aliphatic carbocycles. The van der Waals surface area contributed by atoms with E-state index in [2.05, 4.69) is 51.8 Å². The van der Waals surface area contributed by atoms with Crippen molar-refractivity contribution < 1.29 is 4.42 Å². The van der Waals surface area contributed by atoms with E-state index in [-0.39, 0.29) is 0 Å². The van der Waals surface area contributed by atoms with E-state index >= 15 is 0 Å². The highest BCUT2D eigenvalue weighted by Gasteiger charge is 2.27. The SMILES string of the molecule is Cn1cc(C2CCN(C(=NCCc3ccco3)NCCSc3ccccc3)C2)cn1. The maximum Gasteiger partial charge on any atom is 0.193 e. The lowest BCUT2D eigenvalue weighted by atomic mass is 10.0. The van der Waals surface area contributed by atoms with Gasteiger partial charge in [0.25, 0.3) is 0 Å². The molecule has 1 aromatic carbocycles. The lowest BCUT2D eigenvalue weighted by molar-refractivity contribution is 0.483. The molecule has 1 fully saturated rings. The van der Waals surface area contributed by atoms with E-state index in [4.69, 9.17) is 9.41 Å². The van der Waals surface area contributed by atoms with Gasteiger partial charge in [0.05, 0.1) is 12.5 Å². The van der Waals surface area contributed by atoms with Crippen molar-refractivity contribution in [1.82, 2.24) is 20.0 Å². The largest absolute Gasteiger partial charge is 0.469 e. The number of furan rings is 1. The third-order valence-corrected chi connectivity index (χ3v) is 6.29. The number of aryl methyl sites for hydroxylation is 1. The third-order valence-electron chi connectivity index (χ3n) is 5.28. The highest BCUT2D eigenvalue weighted by Crippen LogP contribution is 2.26. The molecule has 1 saturated heterocycles. The van der Waals surface area contributed by atoms with Gasteiger partial charge >= 0.3 is 0 Å². The molecule has 6 nitrogen and oxygen atoms in total. The third kappa shape index (κ3) is 5.69. The molecule has 1 aliphatic heterocycles. The number of nitrogens with one attached hydrogen (secondary N) is 1. The summed E-state index contributed by atoms with van der Waals surface area (Å²) in [6.45, 7) is 3.59. The number of aliphatic imine (C=N–C) groups is 1. The van der Waals surface area contributed by atoms with Crippen molar-refractivity contribution in [3.63, 3.8) is 0 Å². The normalized spacial score (nSPS) is 16.9. The Hall–Kier alpha value is -2.67. The van der Waals surface area contributed by atoms with Gasteiger partial charge in [-0.25, -0.2) is 0 Å². The van der Waals surface area contributed by atoms with Gasteiger partial charge in [0, 0.05) is 62.4 Å². The van der Waals surface area contributed by atoms with Crippen LogP contribution in [0.3, 0.4) is 0 Å². The molecule has 3 heterocycles. The first kappa shape index (κ1) is 20.6. The summed E-state index contributed by atoms with van der Waals surface area (Å²) in [7, 11) is 1.98. The number of hydrogen-bond acceptors (Lipinski definition) is 4. The van der Waals surface area contributed by atoms with Gasteiger partial charge in [0.15, 0.2) is 5.96 Å². The second kappa shape index (κ2) is 10.4. The summed E-state index contributed by atoms with van der Waals surface area (Å²) in [6.07, 6.45) is 7.79. The minimum atomic E-state index is 0.509. The molecule has 158 valence electrons. The zero-order valence-corrected chi connectivity index (χ0v) is 18.2. The van der Waals surface area contributed by atoms with Gasteiger partial charge in [-0.15, -0.1) is 11.8 Å². The predicted molar refractivity (Wildman–Crippen MR) is 122 cm³/mol. The number of hydrogen-bond donors (Lipinski definition) is 1. The fourth-order valence-electron chi connectivity index (χ4n) is 3.72. The molecule has 0 bridgehead atoms. The number of benzene rings is 1.